The fraction of sp³-hybridized carbons (Fsp3) is 0.552. The topological polar surface area (TPSA) is 54.5 Å². The zero-order chi connectivity index (χ0) is 25.3. The van der Waals surface area contributed by atoms with E-state index in [4.69, 9.17) is 14.2 Å². The highest BCUT2D eigenvalue weighted by molar-refractivity contribution is 5.94. The molecule has 7 nitrogen and oxygen atoms in total. The lowest BCUT2D eigenvalue weighted by Crippen LogP contribution is -2.49. The molecule has 1 fully saturated rings. The monoisotopic (exact) mass is 495 g/mol. The van der Waals surface area contributed by atoms with Gasteiger partial charge in [0, 0.05) is 70.9 Å². The first kappa shape index (κ1) is 26.6. The van der Waals surface area contributed by atoms with Crippen molar-refractivity contribution in [2.24, 2.45) is 0 Å². The second-order valence-corrected chi connectivity index (χ2v) is 9.97. The highest BCUT2D eigenvalue weighted by atomic mass is 16.5. The third-order valence-electron chi connectivity index (χ3n) is 7.09. The lowest BCUT2D eigenvalue weighted by Gasteiger charge is -2.34. The fourth-order valence-corrected chi connectivity index (χ4v) is 4.88. The van der Waals surface area contributed by atoms with Crippen molar-refractivity contribution in [2.75, 3.05) is 72.8 Å². The third-order valence-corrected chi connectivity index (χ3v) is 7.09. The van der Waals surface area contributed by atoms with E-state index in [0.717, 1.165) is 75.7 Å². The molecular formula is C29H41N3O4. The summed E-state index contributed by atoms with van der Waals surface area (Å²) in [7, 11) is 1.73. The molecule has 0 radical (unpaired) electrons. The number of rotatable bonds is 5. The molecule has 1 amide bonds. The molecule has 0 atom stereocenters. The maximum Gasteiger partial charge on any atom is 0.253 e. The Labute approximate surface area is 215 Å². The second-order valence-electron chi connectivity index (χ2n) is 9.97. The molecule has 2 aliphatic heterocycles. The lowest BCUT2D eigenvalue weighted by molar-refractivity contribution is 0.0593. The van der Waals surface area contributed by atoms with Gasteiger partial charge in [-0.15, -0.1) is 0 Å². The zero-order valence-corrected chi connectivity index (χ0v) is 22.1. The van der Waals surface area contributed by atoms with Crippen LogP contribution in [0.25, 0.3) is 0 Å². The number of amides is 1. The van der Waals surface area contributed by atoms with Gasteiger partial charge in [0.15, 0.2) is 0 Å². The van der Waals surface area contributed by atoms with Crippen LogP contribution in [0.1, 0.15) is 40.9 Å². The Morgan fingerprint density at radius 3 is 2.56 bits per heavy atom. The minimum Gasteiger partial charge on any atom is -0.491 e. The van der Waals surface area contributed by atoms with Crippen LogP contribution in [-0.4, -0.2) is 99.5 Å². The number of piperazine rings is 1. The summed E-state index contributed by atoms with van der Waals surface area (Å²) in [5.41, 5.74) is 4.28. The van der Waals surface area contributed by atoms with Crippen molar-refractivity contribution in [3.05, 3.63) is 64.7 Å². The van der Waals surface area contributed by atoms with Crippen LogP contribution in [0.4, 0.5) is 0 Å². The van der Waals surface area contributed by atoms with Crippen LogP contribution < -0.4 is 4.74 Å². The largest absolute Gasteiger partial charge is 0.491 e. The van der Waals surface area contributed by atoms with Crippen molar-refractivity contribution >= 4 is 5.91 Å². The average molecular weight is 496 g/mol. The number of fused-ring (bicyclic) bond motifs is 3. The minimum atomic E-state index is 0.0910. The molecule has 0 spiro atoms. The molecule has 2 aliphatic rings. The van der Waals surface area contributed by atoms with Gasteiger partial charge in [0.1, 0.15) is 12.4 Å². The van der Waals surface area contributed by atoms with Gasteiger partial charge in [0.25, 0.3) is 5.91 Å². The van der Waals surface area contributed by atoms with E-state index in [1.165, 1.54) is 11.1 Å². The molecule has 2 heterocycles. The molecule has 0 N–H and O–H groups in total. The molecule has 2 aromatic carbocycles. The number of carbonyl (C=O) groups excluding carboxylic acids is 1. The van der Waals surface area contributed by atoms with Crippen LogP contribution >= 0.6 is 0 Å². The molecule has 2 bridgehead atoms. The molecule has 1 saturated heterocycles. The number of hydrogen-bond acceptors (Lipinski definition) is 6. The van der Waals surface area contributed by atoms with E-state index in [2.05, 4.69) is 47.9 Å². The van der Waals surface area contributed by atoms with Gasteiger partial charge in [0.05, 0.1) is 19.8 Å². The molecular weight excluding hydrogens is 454 g/mol. The highest BCUT2D eigenvalue weighted by Crippen LogP contribution is 2.25. The number of ether oxygens (including phenoxy) is 3. The van der Waals surface area contributed by atoms with Gasteiger partial charge < -0.3 is 19.1 Å². The number of nitrogens with zero attached hydrogens (tertiary/aromatic N) is 3. The van der Waals surface area contributed by atoms with E-state index >= 15 is 0 Å². The quantitative estimate of drug-likeness (QED) is 0.635. The predicted octanol–water partition coefficient (Wildman–Crippen LogP) is 3.30. The molecule has 2 aromatic rings. The molecule has 0 aliphatic carbocycles. The molecule has 36 heavy (non-hydrogen) atoms. The Bertz CT molecular complexity index is 988. The third kappa shape index (κ3) is 7.29. The minimum absolute atomic E-state index is 0.0910. The van der Waals surface area contributed by atoms with Crippen molar-refractivity contribution < 1.29 is 19.0 Å². The SMILES string of the molecule is COCCN1CCN(C(=O)c2ccc3c(c2)Cc2cccc(c2)CN(C(C)C)CCOCCO3)CC1. The Balaban J connectivity index is 1.52. The van der Waals surface area contributed by atoms with Crippen LogP contribution in [0.2, 0.25) is 0 Å². The van der Waals surface area contributed by atoms with Gasteiger partial charge in [-0.05, 0) is 48.7 Å². The van der Waals surface area contributed by atoms with E-state index in [1.54, 1.807) is 7.11 Å². The van der Waals surface area contributed by atoms with Crippen LogP contribution in [-0.2, 0) is 22.4 Å². The maximum absolute atomic E-state index is 13.4. The van der Waals surface area contributed by atoms with Crippen LogP contribution in [0.15, 0.2) is 42.5 Å². The van der Waals surface area contributed by atoms with Crippen molar-refractivity contribution in [2.45, 2.75) is 32.9 Å². The van der Waals surface area contributed by atoms with Crippen molar-refractivity contribution in [3.63, 3.8) is 0 Å². The Morgan fingerprint density at radius 2 is 1.78 bits per heavy atom. The lowest BCUT2D eigenvalue weighted by atomic mass is 9.99. The summed E-state index contributed by atoms with van der Waals surface area (Å²) >= 11 is 0. The summed E-state index contributed by atoms with van der Waals surface area (Å²) in [6.45, 7) is 12.8. The van der Waals surface area contributed by atoms with E-state index < -0.39 is 0 Å². The van der Waals surface area contributed by atoms with Gasteiger partial charge in [0.2, 0.25) is 0 Å². The standard InChI is InChI=1S/C29H41N3O4/c1-23(2)32-14-16-35-17-18-36-28-8-7-26(21-27(28)20-24-5-4-6-25(19-24)22-32)29(33)31-11-9-30(10-12-31)13-15-34-3/h4-8,19,21,23H,9-18,20,22H2,1-3H3. The summed E-state index contributed by atoms with van der Waals surface area (Å²) in [6, 6.07) is 15.1. The van der Waals surface area contributed by atoms with E-state index in [1.807, 2.05) is 23.1 Å². The van der Waals surface area contributed by atoms with Gasteiger partial charge in [-0.25, -0.2) is 0 Å². The molecule has 0 aromatic heterocycles. The Morgan fingerprint density at radius 1 is 0.972 bits per heavy atom. The predicted molar refractivity (Wildman–Crippen MR) is 142 cm³/mol. The van der Waals surface area contributed by atoms with Gasteiger partial charge in [-0.2, -0.15) is 0 Å². The van der Waals surface area contributed by atoms with E-state index in [0.29, 0.717) is 25.9 Å². The number of benzene rings is 2. The summed E-state index contributed by atoms with van der Waals surface area (Å²) in [6.07, 6.45) is 0.720. The second kappa shape index (κ2) is 13.2. The van der Waals surface area contributed by atoms with Crippen molar-refractivity contribution in [3.8, 4) is 5.75 Å². The highest BCUT2D eigenvalue weighted by Gasteiger charge is 2.23. The number of hydrogen-bond donors (Lipinski definition) is 0. The van der Waals surface area contributed by atoms with Crippen LogP contribution in [0.3, 0.4) is 0 Å². The van der Waals surface area contributed by atoms with E-state index in [9.17, 15) is 4.79 Å². The van der Waals surface area contributed by atoms with E-state index in [-0.39, 0.29) is 5.91 Å². The van der Waals surface area contributed by atoms with Gasteiger partial charge >= 0.3 is 0 Å². The first-order valence-electron chi connectivity index (χ1n) is 13.2. The molecule has 0 saturated carbocycles. The first-order valence-corrected chi connectivity index (χ1v) is 13.2. The summed E-state index contributed by atoms with van der Waals surface area (Å²) in [5.74, 6) is 0.916. The smallest absolute Gasteiger partial charge is 0.253 e. The molecule has 4 rings (SSSR count). The van der Waals surface area contributed by atoms with Crippen molar-refractivity contribution in [1.29, 1.82) is 0 Å². The number of methoxy groups -OCH3 is 1. The summed E-state index contributed by atoms with van der Waals surface area (Å²) in [4.78, 5) is 20.1. The first-order chi connectivity index (χ1) is 17.5. The Kier molecular flexibility index (Phi) is 9.75. The zero-order valence-electron chi connectivity index (χ0n) is 22.1. The summed E-state index contributed by atoms with van der Waals surface area (Å²) < 4.78 is 17.2. The van der Waals surface area contributed by atoms with Crippen LogP contribution in [0, 0.1) is 0 Å². The fourth-order valence-electron chi connectivity index (χ4n) is 4.88. The maximum atomic E-state index is 13.4. The summed E-state index contributed by atoms with van der Waals surface area (Å²) in [5, 5.41) is 0. The Hall–Kier alpha value is -2.45. The van der Waals surface area contributed by atoms with Crippen LogP contribution in [0.5, 0.6) is 5.75 Å². The average Bonchev–Trinajstić information content (AvgIpc) is 2.89. The van der Waals surface area contributed by atoms with Crippen molar-refractivity contribution in [1.82, 2.24) is 14.7 Å². The normalized spacial score (nSPS) is 18.4. The molecule has 7 heteroatoms. The number of carbonyl (C=O) groups is 1. The van der Waals surface area contributed by atoms with Gasteiger partial charge in [-0.1, -0.05) is 24.3 Å². The molecule has 196 valence electrons. The molecule has 0 unspecified atom stereocenters. The van der Waals surface area contributed by atoms with Gasteiger partial charge in [-0.3, -0.25) is 14.6 Å².